The number of rotatable bonds is 6. The number of carbonyl (C=O) groups excluding carboxylic acids is 1. The van der Waals surface area contributed by atoms with Gasteiger partial charge in [-0.15, -0.1) is 0 Å². The molecule has 3 aromatic rings. The Morgan fingerprint density at radius 2 is 1.82 bits per heavy atom. The lowest BCUT2D eigenvalue weighted by atomic mass is 10.0. The third-order valence-electron chi connectivity index (χ3n) is 7.02. The number of pyridine rings is 1. The summed E-state index contributed by atoms with van der Waals surface area (Å²) in [6, 6.07) is 3.26. The Labute approximate surface area is 227 Å². The second kappa shape index (κ2) is 11.9. The van der Waals surface area contributed by atoms with E-state index in [1.165, 1.54) is 10.9 Å². The molecule has 3 atom stereocenters. The summed E-state index contributed by atoms with van der Waals surface area (Å²) in [5.74, 6) is -4.00. The lowest BCUT2D eigenvalue weighted by Gasteiger charge is -2.23. The van der Waals surface area contributed by atoms with E-state index in [-0.39, 0.29) is 29.8 Å². The van der Waals surface area contributed by atoms with Crippen molar-refractivity contribution in [1.82, 2.24) is 14.8 Å². The van der Waals surface area contributed by atoms with Gasteiger partial charge in [0.15, 0.2) is 0 Å². The van der Waals surface area contributed by atoms with Gasteiger partial charge in [-0.05, 0) is 25.0 Å². The van der Waals surface area contributed by atoms with Crippen molar-refractivity contribution in [2.45, 2.75) is 50.1 Å². The Kier molecular flexibility index (Phi) is 8.33. The van der Waals surface area contributed by atoms with Crippen LogP contribution in [0.1, 0.15) is 48.0 Å². The quantitative estimate of drug-likeness (QED) is 0.432. The van der Waals surface area contributed by atoms with Crippen LogP contribution in [-0.4, -0.2) is 58.8 Å². The lowest BCUT2D eigenvalue weighted by molar-refractivity contribution is 0.0247. The molecule has 2 aliphatic heterocycles. The van der Waals surface area contributed by atoms with E-state index in [0.29, 0.717) is 44.6 Å². The van der Waals surface area contributed by atoms with Crippen LogP contribution in [0.3, 0.4) is 0 Å². The molecule has 2 fully saturated rings. The molecule has 1 amide bonds. The number of halogens is 4. The minimum absolute atomic E-state index is 0.0372. The SMILES string of the molecule is Cn1ncc(NC(=O)c2ccc(F)c(-c3c(F)cc(OC4CCOCC4)cc3F)n2)c1C1CCC(N)C(F)CO1. The van der Waals surface area contributed by atoms with Gasteiger partial charge in [0.1, 0.15) is 53.0 Å². The number of ether oxygens (including phenoxy) is 3. The molecule has 3 N–H and O–H groups in total. The number of alkyl halides is 1. The molecule has 214 valence electrons. The van der Waals surface area contributed by atoms with Crippen molar-refractivity contribution in [1.29, 1.82) is 0 Å². The summed E-state index contributed by atoms with van der Waals surface area (Å²) in [5, 5.41) is 6.80. The summed E-state index contributed by atoms with van der Waals surface area (Å²) in [5.41, 5.74) is 4.89. The first-order chi connectivity index (χ1) is 19.2. The molecule has 40 heavy (non-hydrogen) atoms. The average molecular weight is 564 g/mol. The van der Waals surface area contributed by atoms with Crippen molar-refractivity contribution >= 4 is 11.6 Å². The Morgan fingerprint density at radius 3 is 2.55 bits per heavy atom. The molecule has 2 saturated heterocycles. The molecule has 2 aliphatic rings. The number of hydrogen-bond donors (Lipinski definition) is 2. The van der Waals surface area contributed by atoms with E-state index in [1.54, 1.807) is 7.05 Å². The molecule has 0 bridgehead atoms. The summed E-state index contributed by atoms with van der Waals surface area (Å²) in [4.78, 5) is 17.0. The number of carbonyl (C=O) groups is 1. The molecule has 2 aromatic heterocycles. The van der Waals surface area contributed by atoms with Crippen LogP contribution in [-0.2, 0) is 16.5 Å². The molecule has 0 saturated carbocycles. The molecular weight excluding hydrogens is 534 g/mol. The summed E-state index contributed by atoms with van der Waals surface area (Å²) in [6.07, 6.45) is 1.14. The first-order valence-electron chi connectivity index (χ1n) is 13.0. The van der Waals surface area contributed by atoms with Gasteiger partial charge in [0.2, 0.25) is 0 Å². The molecule has 9 nitrogen and oxygen atoms in total. The van der Waals surface area contributed by atoms with Gasteiger partial charge in [0.05, 0.1) is 43.0 Å². The van der Waals surface area contributed by atoms with E-state index in [4.69, 9.17) is 19.9 Å². The predicted octanol–water partition coefficient (Wildman–Crippen LogP) is 4.23. The number of nitrogens with one attached hydrogen (secondary N) is 1. The van der Waals surface area contributed by atoms with E-state index < -0.39 is 52.9 Å². The van der Waals surface area contributed by atoms with Gasteiger partial charge < -0.3 is 25.3 Å². The van der Waals surface area contributed by atoms with E-state index in [1.807, 2.05) is 0 Å². The Bertz CT molecular complexity index is 1350. The molecule has 13 heteroatoms. The zero-order chi connectivity index (χ0) is 28.4. The first kappa shape index (κ1) is 28.0. The first-order valence-corrected chi connectivity index (χ1v) is 13.0. The van der Waals surface area contributed by atoms with Crippen LogP contribution in [0.25, 0.3) is 11.3 Å². The van der Waals surface area contributed by atoms with Crippen LogP contribution in [0.5, 0.6) is 5.75 Å². The molecule has 0 aliphatic carbocycles. The second-order valence-electron chi connectivity index (χ2n) is 9.82. The molecule has 4 heterocycles. The minimum Gasteiger partial charge on any atom is -0.490 e. The van der Waals surface area contributed by atoms with Gasteiger partial charge in [-0.3, -0.25) is 9.48 Å². The van der Waals surface area contributed by atoms with Crippen molar-refractivity contribution in [3.05, 3.63) is 59.3 Å². The number of nitrogens with two attached hydrogens (primary N) is 1. The highest BCUT2D eigenvalue weighted by atomic mass is 19.1. The van der Waals surface area contributed by atoms with Crippen molar-refractivity contribution < 1.29 is 36.6 Å². The lowest BCUT2D eigenvalue weighted by Crippen LogP contribution is -2.32. The smallest absolute Gasteiger partial charge is 0.274 e. The maximum Gasteiger partial charge on any atom is 0.274 e. The summed E-state index contributed by atoms with van der Waals surface area (Å²) in [6.45, 7) is 0.764. The van der Waals surface area contributed by atoms with Crippen molar-refractivity contribution in [3.8, 4) is 17.0 Å². The van der Waals surface area contributed by atoms with Gasteiger partial charge in [-0.1, -0.05) is 0 Å². The number of nitrogens with zero attached hydrogens (tertiary/aromatic N) is 3. The fourth-order valence-corrected chi connectivity index (χ4v) is 4.84. The van der Waals surface area contributed by atoms with Crippen molar-refractivity contribution in [2.24, 2.45) is 12.8 Å². The third-order valence-corrected chi connectivity index (χ3v) is 7.02. The fraction of sp³-hybridized carbons (Fsp3) is 0.444. The van der Waals surface area contributed by atoms with Gasteiger partial charge in [-0.25, -0.2) is 22.5 Å². The Balaban J connectivity index is 1.37. The van der Waals surface area contributed by atoms with Crippen LogP contribution in [0.4, 0.5) is 23.2 Å². The Morgan fingerprint density at radius 1 is 1.10 bits per heavy atom. The number of amides is 1. The third kappa shape index (κ3) is 5.96. The topological polar surface area (TPSA) is 114 Å². The Hall–Kier alpha value is -3.55. The highest BCUT2D eigenvalue weighted by molar-refractivity contribution is 6.03. The van der Waals surface area contributed by atoms with Crippen LogP contribution >= 0.6 is 0 Å². The van der Waals surface area contributed by atoms with E-state index in [2.05, 4.69) is 15.4 Å². The fourth-order valence-electron chi connectivity index (χ4n) is 4.84. The highest BCUT2D eigenvalue weighted by Gasteiger charge is 2.30. The molecule has 1 aromatic carbocycles. The summed E-state index contributed by atoms with van der Waals surface area (Å²) >= 11 is 0. The van der Waals surface area contributed by atoms with Crippen molar-refractivity contribution in [3.63, 3.8) is 0 Å². The van der Waals surface area contributed by atoms with Gasteiger partial charge >= 0.3 is 0 Å². The molecule has 0 spiro atoms. The highest BCUT2D eigenvalue weighted by Crippen LogP contribution is 2.34. The number of aryl methyl sites for hydroxylation is 1. The largest absolute Gasteiger partial charge is 0.490 e. The van der Waals surface area contributed by atoms with Crippen LogP contribution in [0.15, 0.2) is 30.5 Å². The zero-order valence-electron chi connectivity index (χ0n) is 21.7. The second-order valence-corrected chi connectivity index (χ2v) is 9.82. The van der Waals surface area contributed by atoms with Gasteiger partial charge in [0.25, 0.3) is 5.91 Å². The van der Waals surface area contributed by atoms with E-state index >= 15 is 8.78 Å². The number of anilines is 1. The van der Waals surface area contributed by atoms with E-state index in [0.717, 1.165) is 24.3 Å². The maximum absolute atomic E-state index is 15.0. The van der Waals surface area contributed by atoms with Crippen molar-refractivity contribution in [2.75, 3.05) is 25.1 Å². The monoisotopic (exact) mass is 563 g/mol. The van der Waals surface area contributed by atoms with Gasteiger partial charge in [-0.2, -0.15) is 5.10 Å². The van der Waals surface area contributed by atoms with Crippen LogP contribution < -0.4 is 15.8 Å². The zero-order valence-corrected chi connectivity index (χ0v) is 21.7. The normalized spacial score (nSPS) is 22.1. The number of aromatic nitrogens is 3. The molecule has 0 radical (unpaired) electrons. The van der Waals surface area contributed by atoms with Crippen LogP contribution in [0, 0.1) is 17.5 Å². The van der Waals surface area contributed by atoms with Crippen LogP contribution in [0.2, 0.25) is 0 Å². The summed E-state index contributed by atoms with van der Waals surface area (Å²) < 4.78 is 77.0. The molecular formula is C27H29F4N5O4. The standard InChI is InChI=1S/C27H29F4N5O4/c1-36-26(23-5-3-20(32)19(31)13-39-23)22(12-33-36)35-27(37)21-4-2-16(28)25(34-21)24-17(29)10-15(11-18(24)30)40-14-6-8-38-9-7-14/h2,4,10-12,14,19-20,23H,3,5-9,13,32H2,1H3,(H,35,37). The maximum atomic E-state index is 15.0. The van der Waals surface area contributed by atoms with E-state index in [9.17, 15) is 13.6 Å². The average Bonchev–Trinajstić information content (AvgIpc) is 3.20. The minimum atomic E-state index is -1.32. The summed E-state index contributed by atoms with van der Waals surface area (Å²) in [7, 11) is 1.64. The molecule has 5 rings (SSSR count). The molecule has 3 unspecified atom stereocenters. The number of benzene rings is 1. The van der Waals surface area contributed by atoms with Gasteiger partial charge in [0, 0.05) is 38.1 Å². The number of hydrogen-bond acceptors (Lipinski definition) is 7. The predicted molar refractivity (Wildman–Crippen MR) is 136 cm³/mol.